The van der Waals surface area contributed by atoms with Crippen molar-refractivity contribution < 1.29 is 9.90 Å². The van der Waals surface area contributed by atoms with Crippen LogP contribution in [0.4, 0.5) is 0 Å². The molecule has 5 nitrogen and oxygen atoms in total. The lowest BCUT2D eigenvalue weighted by Crippen LogP contribution is -2.24. The molecule has 0 amide bonds. The fourth-order valence-corrected chi connectivity index (χ4v) is 3.42. The number of hydrogen-bond acceptors (Lipinski definition) is 4. The van der Waals surface area contributed by atoms with Crippen LogP contribution in [0.2, 0.25) is 0 Å². The Morgan fingerprint density at radius 3 is 2.70 bits per heavy atom. The van der Waals surface area contributed by atoms with Crippen LogP contribution in [0.5, 0.6) is 0 Å². The standard InChI is InChI=1S/C17H16N2O3S/c1-2-3-9-19-14(11-7-5-4-6-8-11)18-15-13(16(19)20)12(10-23-15)17(21)22/h4-8,10H,2-3,9H2,1H3,(H,21,22). The summed E-state index contributed by atoms with van der Waals surface area (Å²) in [6.07, 6.45) is 1.77. The Morgan fingerprint density at radius 1 is 1.30 bits per heavy atom. The van der Waals surface area contributed by atoms with Gasteiger partial charge in [-0.2, -0.15) is 0 Å². The van der Waals surface area contributed by atoms with Gasteiger partial charge in [-0.1, -0.05) is 43.7 Å². The van der Waals surface area contributed by atoms with Crippen LogP contribution in [-0.2, 0) is 6.54 Å². The number of rotatable bonds is 5. The number of fused-ring (bicyclic) bond motifs is 1. The fraction of sp³-hybridized carbons (Fsp3) is 0.235. The van der Waals surface area contributed by atoms with Gasteiger partial charge in [0.05, 0.1) is 10.9 Å². The molecule has 118 valence electrons. The lowest BCUT2D eigenvalue weighted by atomic mass is 10.2. The van der Waals surface area contributed by atoms with E-state index < -0.39 is 5.97 Å². The van der Waals surface area contributed by atoms with Gasteiger partial charge in [-0.15, -0.1) is 11.3 Å². The zero-order valence-electron chi connectivity index (χ0n) is 12.7. The van der Waals surface area contributed by atoms with E-state index in [0.717, 1.165) is 18.4 Å². The molecule has 3 rings (SSSR count). The van der Waals surface area contributed by atoms with Gasteiger partial charge >= 0.3 is 5.97 Å². The van der Waals surface area contributed by atoms with Gasteiger partial charge in [0.15, 0.2) is 0 Å². The molecular weight excluding hydrogens is 312 g/mol. The van der Waals surface area contributed by atoms with E-state index in [2.05, 4.69) is 4.98 Å². The maximum atomic E-state index is 12.9. The molecular formula is C17H16N2O3S. The van der Waals surface area contributed by atoms with Crippen molar-refractivity contribution in [2.75, 3.05) is 0 Å². The topological polar surface area (TPSA) is 72.2 Å². The number of thiophene rings is 1. The first-order valence-electron chi connectivity index (χ1n) is 7.44. The molecule has 0 spiro atoms. The molecule has 23 heavy (non-hydrogen) atoms. The Hall–Kier alpha value is -2.47. The minimum Gasteiger partial charge on any atom is -0.478 e. The van der Waals surface area contributed by atoms with E-state index in [1.165, 1.54) is 16.7 Å². The first kappa shape index (κ1) is 15.4. The second kappa shape index (κ2) is 6.34. The quantitative estimate of drug-likeness (QED) is 0.776. The van der Waals surface area contributed by atoms with E-state index in [4.69, 9.17) is 0 Å². The third kappa shape index (κ3) is 2.77. The zero-order chi connectivity index (χ0) is 16.4. The van der Waals surface area contributed by atoms with Gasteiger partial charge in [0, 0.05) is 17.5 Å². The van der Waals surface area contributed by atoms with Gasteiger partial charge in [-0.05, 0) is 6.42 Å². The summed E-state index contributed by atoms with van der Waals surface area (Å²) in [6, 6.07) is 9.51. The van der Waals surface area contributed by atoms with E-state index >= 15 is 0 Å². The van der Waals surface area contributed by atoms with Crippen LogP contribution in [0.1, 0.15) is 30.1 Å². The van der Waals surface area contributed by atoms with Crippen molar-refractivity contribution >= 4 is 27.5 Å². The van der Waals surface area contributed by atoms with Crippen molar-refractivity contribution in [3.05, 3.63) is 51.6 Å². The molecule has 2 heterocycles. The highest BCUT2D eigenvalue weighted by Gasteiger charge is 2.19. The number of unbranched alkanes of at least 4 members (excludes halogenated alkanes) is 1. The molecule has 0 aliphatic rings. The smallest absolute Gasteiger partial charge is 0.337 e. The number of carbonyl (C=O) groups is 1. The maximum Gasteiger partial charge on any atom is 0.337 e. The van der Waals surface area contributed by atoms with Crippen LogP contribution in [0.15, 0.2) is 40.5 Å². The van der Waals surface area contributed by atoms with Crippen LogP contribution in [-0.4, -0.2) is 20.6 Å². The number of carboxylic acids is 1. The Balaban J connectivity index is 2.31. The van der Waals surface area contributed by atoms with Gasteiger partial charge in [-0.25, -0.2) is 9.78 Å². The first-order chi connectivity index (χ1) is 11.1. The van der Waals surface area contributed by atoms with Crippen LogP contribution in [0, 0.1) is 0 Å². The molecule has 0 aliphatic heterocycles. The van der Waals surface area contributed by atoms with E-state index in [-0.39, 0.29) is 16.5 Å². The van der Waals surface area contributed by atoms with E-state index in [0.29, 0.717) is 17.2 Å². The molecule has 0 fully saturated rings. The molecule has 0 aliphatic carbocycles. The average Bonchev–Trinajstić information content (AvgIpc) is 2.99. The van der Waals surface area contributed by atoms with Crippen molar-refractivity contribution in [2.24, 2.45) is 0 Å². The van der Waals surface area contributed by atoms with Crippen molar-refractivity contribution in [1.82, 2.24) is 9.55 Å². The molecule has 1 aromatic carbocycles. The Labute approximate surface area is 136 Å². The van der Waals surface area contributed by atoms with E-state index in [1.807, 2.05) is 37.3 Å². The monoisotopic (exact) mass is 328 g/mol. The molecule has 0 atom stereocenters. The molecule has 0 unspecified atom stereocenters. The minimum atomic E-state index is -1.09. The normalized spacial score (nSPS) is 11.0. The number of carboxylic acid groups (broad SMARTS) is 1. The molecule has 0 bridgehead atoms. The lowest BCUT2D eigenvalue weighted by molar-refractivity contribution is 0.0699. The lowest BCUT2D eigenvalue weighted by Gasteiger charge is -2.12. The van der Waals surface area contributed by atoms with Crippen LogP contribution >= 0.6 is 11.3 Å². The summed E-state index contributed by atoms with van der Waals surface area (Å²) in [5.41, 5.74) is 0.612. The number of hydrogen-bond donors (Lipinski definition) is 1. The average molecular weight is 328 g/mol. The third-order valence-electron chi connectivity index (χ3n) is 3.69. The highest BCUT2D eigenvalue weighted by Crippen LogP contribution is 2.25. The maximum absolute atomic E-state index is 12.9. The summed E-state index contributed by atoms with van der Waals surface area (Å²) in [5, 5.41) is 11.0. The number of aromatic carboxylic acids is 1. The molecule has 0 radical (unpaired) electrons. The van der Waals surface area contributed by atoms with Crippen LogP contribution in [0.3, 0.4) is 0 Å². The molecule has 2 aromatic heterocycles. The fourth-order valence-electron chi connectivity index (χ4n) is 2.51. The molecule has 0 saturated carbocycles. The Morgan fingerprint density at radius 2 is 2.04 bits per heavy atom. The minimum absolute atomic E-state index is 0.0346. The predicted molar refractivity (Wildman–Crippen MR) is 91.2 cm³/mol. The first-order valence-corrected chi connectivity index (χ1v) is 8.32. The van der Waals surface area contributed by atoms with Gasteiger partial charge in [0.1, 0.15) is 10.7 Å². The SMILES string of the molecule is CCCCn1c(-c2ccccc2)nc2scc(C(=O)O)c2c1=O. The van der Waals surface area contributed by atoms with Crippen LogP contribution in [0.25, 0.3) is 21.6 Å². The van der Waals surface area contributed by atoms with Gasteiger partial charge in [-0.3, -0.25) is 9.36 Å². The summed E-state index contributed by atoms with van der Waals surface area (Å²) in [4.78, 5) is 29.3. The van der Waals surface area contributed by atoms with Crippen molar-refractivity contribution in [3.8, 4) is 11.4 Å². The Kier molecular flexibility index (Phi) is 4.25. The second-order valence-electron chi connectivity index (χ2n) is 5.25. The molecule has 3 aromatic rings. The second-order valence-corrected chi connectivity index (χ2v) is 6.10. The molecule has 0 saturated heterocycles. The summed E-state index contributed by atoms with van der Waals surface area (Å²) in [6.45, 7) is 2.57. The third-order valence-corrected chi connectivity index (χ3v) is 4.56. The zero-order valence-corrected chi connectivity index (χ0v) is 13.5. The van der Waals surface area contributed by atoms with Crippen LogP contribution < -0.4 is 5.56 Å². The number of nitrogens with zero attached hydrogens (tertiary/aromatic N) is 2. The van der Waals surface area contributed by atoms with Gasteiger partial charge in [0.2, 0.25) is 0 Å². The summed E-state index contributed by atoms with van der Waals surface area (Å²) in [7, 11) is 0. The highest BCUT2D eigenvalue weighted by atomic mass is 32.1. The summed E-state index contributed by atoms with van der Waals surface area (Å²) >= 11 is 1.19. The largest absolute Gasteiger partial charge is 0.478 e. The van der Waals surface area contributed by atoms with Crippen molar-refractivity contribution in [3.63, 3.8) is 0 Å². The van der Waals surface area contributed by atoms with Gasteiger partial charge in [0.25, 0.3) is 5.56 Å². The number of benzene rings is 1. The highest BCUT2D eigenvalue weighted by molar-refractivity contribution is 7.17. The molecule has 6 heteroatoms. The number of aromatic nitrogens is 2. The summed E-state index contributed by atoms with van der Waals surface area (Å²) in [5.74, 6) is -0.500. The van der Waals surface area contributed by atoms with Crippen molar-refractivity contribution in [2.45, 2.75) is 26.3 Å². The van der Waals surface area contributed by atoms with E-state index in [9.17, 15) is 14.7 Å². The van der Waals surface area contributed by atoms with Gasteiger partial charge < -0.3 is 5.11 Å². The Bertz CT molecular complexity index is 913. The predicted octanol–water partition coefficient (Wildman–Crippen LogP) is 3.62. The summed E-state index contributed by atoms with van der Waals surface area (Å²) < 4.78 is 1.60. The van der Waals surface area contributed by atoms with E-state index in [1.54, 1.807) is 4.57 Å². The van der Waals surface area contributed by atoms with Crippen molar-refractivity contribution in [1.29, 1.82) is 0 Å². The molecule has 1 N–H and O–H groups in total.